The van der Waals surface area contributed by atoms with E-state index in [4.69, 9.17) is 4.74 Å². The van der Waals surface area contributed by atoms with E-state index in [9.17, 15) is 4.39 Å². The molecule has 1 aromatic carbocycles. The lowest BCUT2D eigenvalue weighted by atomic mass is 10.0. The second kappa shape index (κ2) is 6.08. The van der Waals surface area contributed by atoms with E-state index in [1.54, 1.807) is 35.7 Å². The standard InChI is InChI=1S/C19H17FN6O/c1-25-16(4-6-24-25)14-9-23-19(26-11-21-10-17(14)26)22-8-13-12-5-7-27-18(12)3-2-15(13)20/h2-4,6,9-11H,5,7-8H2,1H3,(H,22,23). The number of nitrogens with zero attached hydrogens (tertiary/aromatic N) is 5. The monoisotopic (exact) mass is 364 g/mol. The Morgan fingerprint density at radius 1 is 1.26 bits per heavy atom. The van der Waals surface area contributed by atoms with E-state index in [0.717, 1.165) is 34.5 Å². The molecule has 3 aromatic heterocycles. The van der Waals surface area contributed by atoms with Gasteiger partial charge in [0.2, 0.25) is 5.95 Å². The van der Waals surface area contributed by atoms with E-state index in [1.165, 1.54) is 6.07 Å². The van der Waals surface area contributed by atoms with E-state index < -0.39 is 0 Å². The molecule has 1 N–H and O–H groups in total. The number of rotatable bonds is 4. The molecule has 0 radical (unpaired) electrons. The first kappa shape index (κ1) is 15.8. The number of benzene rings is 1. The maximum atomic E-state index is 14.4. The van der Waals surface area contributed by atoms with Gasteiger partial charge in [0, 0.05) is 49.1 Å². The zero-order valence-electron chi connectivity index (χ0n) is 14.7. The van der Waals surface area contributed by atoms with Gasteiger partial charge < -0.3 is 10.1 Å². The predicted octanol–water partition coefficient (Wildman–Crippen LogP) is 2.82. The van der Waals surface area contributed by atoms with Crippen LogP contribution in [0, 0.1) is 5.82 Å². The lowest BCUT2D eigenvalue weighted by Crippen LogP contribution is -2.10. The van der Waals surface area contributed by atoms with Gasteiger partial charge >= 0.3 is 0 Å². The first-order valence-corrected chi connectivity index (χ1v) is 8.69. The Morgan fingerprint density at radius 3 is 3.04 bits per heavy atom. The van der Waals surface area contributed by atoms with Gasteiger partial charge in [0.05, 0.1) is 24.0 Å². The van der Waals surface area contributed by atoms with Crippen molar-refractivity contribution in [1.29, 1.82) is 0 Å². The minimum absolute atomic E-state index is 0.236. The third-order valence-corrected chi connectivity index (χ3v) is 4.92. The summed E-state index contributed by atoms with van der Waals surface area (Å²) in [4.78, 5) is 8.78. The number of fused-ring (bicyclic) bond motifs is 2. The van der Waals surface area contributed by atoms with Gasteiger partial charge in [-0.1, -0.05) is 0 Å². The second-order valence-electron chi connectivity index (χ2n) is 6.44. The first-order valence-electron chi connectivity index (χ1n) is 8.69. The average Bonchev–Trinajstić information content (AvgIpc) is 3.41. The molecular formula is C19H17FN6O. The molecule has 0 fully saturated rings. The number of ether oxygens (including phenoxy) is 1. The van der Waals surface area contributed by atoms with Crippen LogP contribution < -0.4 is 10.1 Å². The molecule has 7 nitrogen and oxygen atoms in total. The zero-order chi connectivity index (χ0) is 18.4. The lowest BCUT2D eigenvalue weighted by molar-refractivity contribution is 0.356. The van der Waals surface area contributed by atoms with Crippen LogP contribution in [0.2, 0.25) is 0 Å². The highest BCUT2D eigenvalue weighted by Crippen LogP contribution is 2.31. The van der Waals surface area contributed by atoms with Gasteiger partial charge in [-0.05, 0) is 18.2 Å². The maximum Gasteiger partial charge on any atom is 0.208 e. The first-order chi connectivity index (χ1) is 13.2. The molecule has 0 saturated carbocycles. The lowest BCUT2D eigenvalue weighted by Gasteiger charge is -2.13. The molecule has 0 amide bonds. The molecule has 0 aliphatic carbocycles. The number of anilines is 1. The van der Waals surface area contributed by atoms with Crippen LogP contribution in [-0.2, 0) is 20.0 Å². The number of nitrogens with one attached hydrogen (secondary N) is 1. The Hall–Kier alpha value is -3.42. The minimum atomic E-state index is -0.236. The summed E-state index contributed by atoms with van der Waals surface area (Å²) in [5.74, 6) is 1.13. The summed E-state index contributed by atoms with van der Waals surface area (Å²) in [7, 11) is 1.88. The Labute approximate surface area is 154 Å². The van der Waals surface area contributed by atoms with E-state index in [0.29, 0.717) is 24.7 Å². The van der Waals surface area contributed by atoms with E-state index in [1.807, 2.05) is 17.5 Å². The number of imidazole rings is 1. The molecular weight excluding hydrogens is 347 g/mol. The Bertz CT molecular complexity index is 1150. The Balaban J connectivity index is 1.50. The van der Waals surface area contributed by atoms with Gasteiger partial charge in [0.15, 0.2) is 0 Å². The topological polar surface area (TPSA) is 69.3 Å². The number of halogens is 1. The van der Waals surface area contributed by atoms with Crippen LogP contribution in [0.25, 0.3) is 16.8 Å². The van der Waals surface area contributed by atoms with Crippen molar-refractivity contribution in [2.45, 2.75) is 13.0 Å². The van der Waals surface area contributed by atoms with E-state index >= 15 is 0 Å². The predicted molar refractivity (Wildman–Crippen MR) is 98.1 cm³/mol. The van der Waals surface area contributed by atoms with E-state index in [-0.39, 0.29) is 5.82 Å². The summed E-state index contributed by atoms with van der Waals surface area (Å²) >= 11 is 0. The van der Waals surface area contributed by atoms with Crippen LogP contribution in [0.1, 0.15) is 11.1 Å². The zero-order valence-corrected chi connectivity index (χ0v) is 14.7. The van der Waals surface area contributed by atoms with Crippen LogP contribution in [-0.4, -0.2) is 30.8 Å². The van der Waals surface area contributed by atoms with Crippen LogP contribution >= 0.6 is 0 Å². The number of aryl methyl sites for hydroxylation is 1. The fourth-order valence-corrected chi connectivity index (χ4v) is 3.56. The SMILES string of the molecule is Cn1nccc1-c1cnc(NCc2c(F)ccc3c2CCO3)n2cncc12. The van der Waals surface area contributed by atoms with Gasteiger partial charge in [0.25, 0.3) is 0 Å². The van der Waals surface area contributed by atoms with E-state index in [2.05, 4.69) is 20.4 Å². The third-order valence-electron chi connectivity index (χ3n) is 4.92. The maximum absolute atomic E-state index is 14.4. The summed E-state index contributed by atoms with van der Waals surface area (Å²) in [5, 5.41) is 7.46. The molecule has 0 saturated heterocycles. The van der Waals surface area contributed by atoms with Crippen LogP contribution in [0.5, 0.6) is 5.75 Å². The van der Waals surface area contributed by atoms with Crippen molar-refractivity contribution in [2.75, 3.05) is 11.9 Å². The van der Waals surface area contributed by atoms with Crippen molar-refractivity contribution in [3.63, 3.8) is 0 Å². The van der Waals surface area contributed by atoms with Crippen LogP contribution in [0.4, 0.5) is 10.3 Å². The molecule has 136 valence electrons. The van der Waals surface area contributed by atoms with Gasteiger partial charge in [0.1, 0.15) is 17.9 Å². The molecule has 27 heavy (non-hydrogen) atoms. The van der Waals surface area contributed by atoms with Gasteiger partial charge in [-0.2, -0.15) is 5.10 Å². The fourth-order valence-electron chi connectivity index (χ4n) is 3.56. The van der Waals surface area contributed by atoms with Crippen molar-refractivity contribution >= 4 is 11.5 Å². The average molecular weight is 364 g/mol. The summed E-state index contributed by atoms with van der Waals surface area (Å²) < 4.78 is 23.5. The molecule has 1 aliphatic rings. The summed E-state index contributed by atoms with van der Waals surface area (Å²) in [5.41, 5.74) is 4.33. The minimum Gasteiger partial charge on any atom is -0.493 e. The molecule has 4 heterocycles. The molecule has 8 heteroatoms. The molecule has 0 bridgehead atoms. The summed E-state index contributed by atoms with van der Waals surface area (Å²) in [6.07, 6.45) is 7.72. The molecule has 0 spiro atoms. The fraction of sp³-hybridized carbons (Fsp3) is 0.211. The highest BCUT2D eigenvalue weighted by Gasteiger charge is 2.20. The summed E-state index contributed by atoms with van der Waals surface area (Å²) in [6, 6.07) is 5.07. The van der Waals surface area contributed by atoms with Crippen LogP contribution in [0.15, 0.2) is 43.1 Å². The molecule has 4 aromatic rings. The Morgan fingerprint density at radius 2 is 2.19 bits per heavy atom. The van der Waals surface area contributed by atoms with Crippen molar-refractivity contribution in [1.82, 2.24) is 24.1 Å². The van der Waals surface area contributed by atoms with Crippen molar-refractivity contribution < 1.29 is 9.13 Å². The largest absolute Gasteiger partial charge is 0.493 e. The highest BCUT2D eigenvalue weighted by molar-refractivity contribution is 5.78. The third kappa shape index (κ3) is 2.52. The highest BCUT2D eigenvalue weighted by atomic mass is 19.1. The molecule has 5 rings (SSSR count). The molecule has 1 aliphatic heterocycles. The van der Waals surface area contributed by atoms with Crippen molar-refractivity contribution in [3.8, 4) is 17.0 Å². The van der Waals surface area contributed by atoms with Gasteiger partial charge in [-0.25, -0.2) is 14.4 Å². The Kier molecular flexibility index (Phi) is 3.56. The number of hydrogen-bond donors (Lipinski definition) is 1. The van der Waals surface area contributed by atoms with Gasteiger partial charge in [-0.15, -0.1) is 0 Å². The smallest absolute Gasteiger partial charge is 0.208 e. The quantitative estimate of drug-likeness (QED) is 0.603. The van der Waals surface area contributed by atoms with Crippen molar-refractivity contribution in [3.05, 3.63) is 60.1 Å². The molecule has 0 unspecified atom stereocenters. The summed E-state index contributed by atoms with van der Waals surface area (Å²) in [6.45, 7) is 0.916. The van der Waals surface area contributed by atoms with Gasteiger partial charge in [-0.3, -0.25) is 9.08 Å². The van der Waals surface area contributed by atoms with Crippen molar-refractivity contribution in [2.24, 2.45) is 7.05 Å². The second-order valence-corrected chi connectivity index (χ2v) is 6.44. The number of hydrogen-bond acceptors (Lipinski definition) is 5. The number of aromatic nitrogens is 5. The normalized spacial score (nSPS) is 13.0. The molecule has 0 atom stereocenters. The van der Waals surface area contributed by atoms with Crippen LogP contribution in [0.3, 0.4) is 0 Å².